The van der Waals surface area contributed by atoms with Gasteiger partial charge in [-0.1, -0.05) is 318 Å². The molecule has 12 unspecified atom stereocenters. The van der Waals surface area contributed by atoms with Crippen LogP contribution < -0.4 is 0 Å². The zero-order valence-corrected chi connectivity index (χ0v) is 49.0. The summed E-state index contributed by atoms with van der Waals surface area (Å²) in [6.07, 6.45) is 77.7. The topological polar surface area (TPSA) is 0 Å². The van der Waals surface area contributed by atoms with E-state index in [-0.39, 0.29) is 0 Å². The first-order valence-electron chi connectivity index (χ1n) is 34.1. The summed E-state index contributed by atoms with van der Waals surface area (Å²) in [5.41, 5.74) is 0. The number of hydrogen-bond donors (Lipinski definition) is 0. The molecule has 4 aliphatic carbocycles. The van der Waals surface area contributed by atoms with Gasteiger partial charge in [-0.15, -0.1) is 0 Å². The molecule has 0 aromatic carbocycles. The molecule has 4 saturated carbocycles. The smallest absolute Gasteiger partial charge is 0.0352 e. The molecule has 0 nitrogen and oxygen atoms in total. The number of hydrogen-bond acceptors (Lipinski definition) is 0. The highest BCUT2D eigenvalue weighted by Crippen LogP contribution is 2.51. The third-order valence-corrected chi connectivity index (χ3v) is 21.4. The lowest BCUT2D eigenvalue weighted by Crippen LogP contribution is -2.36. The molecule has 0 aliphatic heterocycles. The molecule has 0 amide bonds. The van der Waals surface area contributed by atoms with E-state index in [4.69, 9.17) is 0 Å². The van der Waals surface area contributed by atoms with Gasteiger partial charge in [0.15, 0.2) is 0 Å². The molecule has 0 heteroatoms. The Labute approximate surface area is 438 Å². The lowest BCUT2D eigenvalue weighted by atomic mass is 9.60. The largest absolute Gasteiger partial charge is 0.0654 e. The van der Waals surface area contributed by atoms with Crippen LogP contribution in [0, 0.1) is 71.0 Å². The summed E-state index contributed by atoms with van der Waals surface area (Å²) in [4.78, 5) is 0. The van der Waals surface area contributed by atoms with Gasteiger partial charge < -0.3 is 0 Å². The third kappa shape index (κ3) is 24.9. The molecule has 0 aromatic heterocycles. The van der Waals surface area contributed by atoms with Gasteiger partial charge in [-0.25, -0.2) is 0 Å². The van der Waals surface area contributed by atoms with Gasteiger partial charge in [0.2, 0.25) is 0 Å². The van der Waals surface area contributed by atoms with Crippen molar-refractivity contribution in [2.45, 2.75) is 369 Å². The predicted octanol–water partition coefficient (Wildman–Crippen LogP) is 24.4. The van der Waals surface area contributed by atoms with Crippen LogP contribution in [0.15, 0.2) is 0 Å². The van der Waals surface area contributed by atoms with Gasteiger partial charge in [0, 0.05) is 0 Å². The van der Waals surface area contributed by atoms with Gasteiger partial charge in [0.05, 0.1) is 0 Å². The molecule has 12 atom stereocenters. The number of unbranched alkanes of at least 4 members (excludes halogenated alkanes) is 13. The van der Waals surface area contributed by atoms with E-state index in [1.165, 1.54) is 180 Å². The Bertz CT molecular complexity index is 1120. The van der Waals surface area contributed by atoms with Crippen molar-refractivity contribution in [1.82, 2.24) is 0 Å². The Hall–Kier alpha value is 0. The lowest BCUT2D eigenvalue weighted by Gasteiger charge is -2.46. The Kier molecular flexibility index (Phi) is 36.0. The van der Waals surface area contributed by atoms with Crippen molar-refractivity contribution in [2.75, 3.05) is 0 Å². The Balaban J connectivity index is 1.72. The van der Waals surface area contributed by atoms with Crippen molar-refractivity contribution in [2.24, 2.45) is 71.0 Å². The highest BCUT2D eigenvalue weighted by molar-refractivity contribution is 4.91. The van der Waals surface area contributed by atoms with E-state index in [1.807, 2.05) is 0 Å². The monoisotopic (exact) mass is 961 g/mol. The SMILES string of the molecule is CCCCCCCC1CCCCCCC2CCC(CCCCC)C(CCCCC)C3CC2CCC2CCCC1CCC(CCCC)C(CCCC)CCCCCCC2CCCCC3CCCCCC. The highest BCUT2D eigenvalue weighted by Gasteiger charge is 2.40. The highest BCUT2D eigenvalue weighted by atomic mass is 14.5. The third-order valence-electron chi connectivity index (χ3n) is 21.4. The molecule has 0 saturated heterocycles. The maximum absolute atomic E-state index is 2.47. The van der Waals surface area contributed by atoms with E-state index >= 15 is 0 Å². The quantitative estimate of drug-likeness (QED) is 0.0800. The first kappa shape index (κ1) is 61.5. The average molecular weight is 962 g/mol. The average Bonchev–Trinajstić information content (AvgIpc) is 3.35. The summed E-state index contributed by atoms with van der Waals surface area (Å²) < 4.78 is 0. The van der Waals surface area contributed by atoms with Crippen LogP contribution in [-0.2, 0) is 0 Å². The molecule has 0 heterocycles. The van der Waals surface area contributed by atoms with E-state index in [1.54, 1.807) is 148 Å². The van der Waals surface area contributed by atoms with Crippen LogP contribution in [0.5, 0.6) is 0 Å². The minimum Gasteiger partial charge on any atom is -0.0654 e. The molecule has 0 N–H and O–H groups in total. The summed E-state index contributed by atoms with van der Waals surface area (Å²) in [6, 6.07) is 0. The normalized spacial score (nSPS) is 32.4. The number of fused-ring (bicyclic) bond motifs is 5. The van der Waals surface area contributed by atoms with Gasteiger partial charge in [0.1, 0.15) is 0 Å². The van der Waals surface area contributed by atoms with Crippen LogP contribution in [0.1, 0.15) is 369 Å². The second kappa shape index (κ2) is 40.3. The number of rotatable bonds is 25. The maximum Gasteiger partial charge on any atom is -0.0352 e. The molecule has 4 bridgehead atoms. The van der Waals surface area contributed by atoms with E-state index in [9.17, 15) is 0 Å². The van der Waals surface area contributed by atoms with Gasteiger partial charge in [0.25, 0.3) is 0 Å². The minimum atomic E-state index is 0.998. The van der Waals surface area contributed by atoms with Crippen LogP contribution in [0.2, 0.25) is 0 Å². The minimum absolute atomic E-state index is 0.998. The van der Waals surface area contributed by atoms with Gasteiger partial charge in [-0.3, -0.25) is 0 Å². The Morgan fingerprint density at radius 3 is 1.22 bits per heavy atom. The Morgan fingerprint density at radius 1 is 0.217 bits per heavy atom. The molecule has 4 rings (SSSR count). The van der Waals surface area contributed by atoms with Gasteiger partial charge in [-0.05, 0) is 122 Å². The van der Waals surface area contributed by atoms with Crippen LogP contribution in [0.3, 0.4) is 0 Å². The molecule has 4 fully saturated rings. The summed E-state index contributed by atoms with van der Waals surface area (Å²) >= 11 is 0. The second-order valence-electron chi connectivity index (χ2n) is 26.4. The summed E-state index contributed by atoms with van der Waals surface area (Å²) in [5.74, 6) is 12.1. The molecule has 0 spiro atoms. The first-order chi connectivity index (χ1) is 34.1. The van der Waals surface area contributed by atoms with E-state index in [2.05, 4.69) is 41.5 Å². The standard InChI is InChI=1S/C69H132/c1-7-13-19-21-29-40-59-41-31-24-25-33-43-64-53-55-66(45-26-15-9-3)68(50-27-16-10-4)69-57-67(64)56-54-63-49-36-48-62(59)52-51-61(38-18-12-6)58(37-17-11-5)39-30-22-23-32-42-60(63)44-34-35-47-65(69)46-28-20-14-8-2/h58-69H,7-57H2,1-6H3. The molecule has 0 radical (unpaired) electrons. The predicted molar refractivity (Wildman–Crippen MR) is 311 cm³/mol. The van der Waals surface area contributed by atoms with Crippen LogP contribution in [-0.4, -0.2) is 0 Å². The fourth-order valence-electron chi connectivity index (χ4n) is 17.0. The van der Waals surface area contributed by atoms with Crippen molar-refractivity contribution in [3.05, 3.63) is 0 Å². The van der Waals surface area contributed by atoms with Crippen molar-refractivity contribution in [1.29, 1.82) is 0 Å². The van der Waals surface area contributed by atoms with Crippen molar-refractivity contribution in [3.63, 3.8) is 0 Å². The summed E-state index contributed by atoms with van der Waals surface area (Å²) in [5, 5.41) is 0. The van der Waals surface area contributed by atoms with Gasteiger partial charge >= 0.3 is 0 Å². The molecular formula is C69H132. The molecule has 408 valence electrons. The zero-order chi connectivity index (χ0) is 49.0. The van der Waals surface area contributed by atoms with Crippen LogP contribution >= 0.6 is 0 Å². The van der Waals surface area contributed by atoms with Crippen LogP contribution in [0.25, 0.3) is 0 Å². The molecule has 4 aliphatic rings. The second-order valence-corrected chi connectivity index (χ2v) is 26.4. The van der Waals surface area contributed by atoms with Gasteiger partial charge in [-0.2, -0.15) is 0 Å². The van der Waals surface area contributed by atoms with Crippen molar-refractivity contribution >= 4 is 0 Å². The van der Waals surface area contributed by atoms with Crippen molar-refractivity contribution < 1.29 is 0 Å². The summed E-state index contributed by atoms with van der Waals surface area (Å²) in [7, 11) is 0. The van der Waals surface area contributed by atoms with Crippen molar-refractivity contribution in [3.8, 4) is 0 Å². The fourth-order valence-corrected chi connectivity index (χ4v) is 17.0. The maximum atomic E-state index is 2.47. The van der Waals surface area contributed by atoms with E-state index < -0.39 is 0 Å². The van der Waals surface area contributed by atoms with Crippen LogP contribution in [0.4, 0.5) is 0 Å². The molecule has 69 heavy (non-hydrogen) atoms. The summed E-state index contributed by atoms with van der Waals surface area (Å²) in [6.45, 7) is 14.7. The van der Waals surface area contributed by atoms with E-state index in [0.29, 0.717) is 0 Å². The lowest BCUT2D eigenvalue weighted by molar-refractivity contribution is 0.0445. The molecule has 0 aromatic rings. The molecular weight excluding hydrogens is 829 g/mol. The van der Waals surface area contributed by atoms with E-state index in [0.717, 1.165) is 71.0 Å². The fraction of sp³-hybridized carbons (Fsp3) is 1.00. The Morgan fingerprint density at radius 2 is 0.565 bits per heavy atom. The zero-order valence-electron chi connectivity index (χ0n) is 49.0. The first-order valence-corrected chi connectivity index (χ1v) is 34.1.